The molecule has 2 atom stereocenters. The Morgan fingerprint density at radius 1 is 1.27 bits per heavy atom. The topological polar surface area (TPSA) is 58.4 Å². The van der Waals surface area contributed by atoms with Crippen molar-refractivity contribution in [3.05, 3.63) is 52.9 Å². The number of rotatable bonds is 4. The van der Waals surface area contributed by atoms with Crippen LogP contribution in [0.2, 0.25) is 0 Å². The monoisotopic (exact) mass is 355 g/mol. The maximum Gasteiger partial charge on any atom is 0.317 e. The van der Waals surface area contributed by atoms with Gasteiger partial charge in [0.1, 0.15) is 5.76 Å². The summed E-state index contributed by atoms with van der Waals surface area (Å²) in [5.41, 5.74) is 3.39. The van der Waals surface area contributed by atoms with Crippen molar-refractivity contribution in [2.45, 2.75) is 58.4 Å². The molecule has 0 spiro atoms. The highest BCUT2D eigenvalue weighted by Crippen LogP contribution is 2.27. The fourth-order valence-corrected chi connectivity index (χ4v) is 3.81. The van der Waals surface area contributed by atoms with E-state index < -0.39 is 0 Å². The Morgan fingerprint density at radius 2 is 2.04 bits per heavy atom. The zero-order chi connectivity index (χ0) is 18.5. The molecule has 0 unspecified atom stereocenters. The molecule has 0 saturated carbocycles. The molecule has 2 amide bonds. The van der Waals surface area contributed by atoms with Gasteiger partial charge in [-0.25, -0.2) is 4.79 Å². The number of amides is 2. The lowest BCUT2D eigenvalue weighted by Crippen LogP contribution is -2.45. The van der Waals surface area contributed by atoms with E-state index in [0.717, 1.165) is 55.8 Å². The summed E-state index contributed by atoms with van der Waals surface area (Å²) < 4.78 is 5.21. The van der Waals surface area contributed by atoms with Crippen LogP contribution in [-0.4, -0.2) is 35.2 Å². The van der Waals surface area contributed by atoms with Crippen molar-refractivity contribution in [3.8, 4) is 0 Å². The number of nitrogens with one attached hydrogen (secondary N) is 1. The Bertz CT molecular complexity index is 707. The highest BCUT2D eigenvalue weighted by atomic mass is 16.5. The molecule has 5 heteroatoms. The first-order valence-electron chi connectivity index (χ1n) is 9.56. The summed E-state index contributed by atoms with van der Waals surface area (Å²) in [7, 11) is 0. The first-order chi connectivity index (χ1) is 12.5. The van der Waals surface area contributed by atoms with E-state index in [4.69, 9.17) is 4.52 Å². The first-order valence-corrected chi connectivity index (χ1v) is 9.56. The van der Waals surface area contributed by atoms with Crippen LogP contribution in [0.25, 0.3) is 0 Å². The molecule has 3 rings (SSSR count). The zero-order valence-electron chi connectivity index (χ0n) is 16.0. The lowest BCUT2D eigenvalue weighted by Gasteiger charge is -2.24. The van der Waals surface area contributed by atoms with Crippen LogP contribution in [0, 0.1) is 13.8 Å². The van der Waals surface area contributed by atoms with Crippen LogP contribution in [0.15, 0.2) is 34.9 Å². The van der Waals surface area contributed by atoms with Gasteiger partial charge in [0.15, 0.2) is 0 Å². The molecule has 0 aliphatic carbocycles. The summed E-state index contributed by atoms with van der Waals surface area (Å²) in [4.78, 5) is 14.6. The van der Waals surface area contributed by atoms with E-state index in [2.05, 4.69) is 40.8 Å². The summed E-state index contributed by atoms with van der Waals surface area (Å²) >= 11 is 0. The van der Waals surface area contributed by atoms with E-state index in [9.17, 15) is 4.79 Å². The molecule has 1 saturated heterocycles. The molecule has 1 fully saturated rings. The van der Waals surface area contributed by atoms with Gasteiger partial charge in [-0.15, -0.1) is 0 Å². The molecule has 1 N–H and O–H groups in total. The molecule has 1 aliphatic rings. The fourth-order valence-electron chi connectivity index (χ4n) is 3.81. The van der Waals surface area contributed by atoms with Crippen molar-refractivity contribution < 1.29 is 9.32 Å². The summed E-state index contributed by atoms with van der Waals surface area (Å²) in [6.07, 6.45) is 3.96. The Balaban J connectivity index is 1.53. The molecule has 1 aromatic heterocycles. The van der Waals surface area contributed by atoms with Gasteiger partial charge in [-0.2, -0.15) is 0 Å². The number of aryl methyl sites for hydroxylation is 2. The second kappa shape index (κ2) is 8.39. The van der Waals surface area contributed by atoms with Crippen molar-refractivity contribution in [3.63, 3.8) is 0 Å². The zero-order valence-corrected chi connectivity index (χ0v) is 16.0. The van der Waals surface area contributed by atoms with Crippen molar-refractivity contribution in [2.75, 3.05) is 13.1 Å². The molecule has 2 aromatic rings. The van der Waals surface area contributed by atoms with Crippen molar-refractivity contribution in [1.29, 1.82) is 0 Å². The lowest BCUT2D eigenvalue weighted by molar-refractivity contribution is 0.196. The smallest absolute Gasteiger partial charge is 0.317 e. The predicted octanol–water partition coefficient (Wildman–Crippen LogP) is 4.20. The number of likely N-dealkylation sites (tertiary alicyclic amines) is 1. The number of nitrogens with zero attached hydrogens (tertiary/aromatic N) is 2. The molecule has 2 heterocycles. The van der Waals surface area contributed by atoms with E-state index in [0.29, 0.717) is 5.92 Å². The minimum Gasteiger partial charge on any atom is -0.361 e. The van der Waals surface area contributed by atoms with E-state index in [-0.39, 0.29) is 12.1 Å². The van der Waals surface area contributed by atoms with Crippen LogP contribution < -0.4 is 5.32 Å². The SMILES string of the molecule is Cc1noc(C)c1C[C@@H](C)NC(=O)N1CCC[C@@H](c2ccccc2)CC1. The van der Waals surface area contributed by atoms with Crippen LogP contribution in [0.1, 0.15) is 54.7 Å². The standard InChI is InChI=1S/C21H29N3O2/c1-15(14-20-16(2)23-26-17(20)3)22-21(25)24-12-7-10-19(11-13-24)18-8-5-4-6-9-18/h4-6,8-9,15,19H,7,10-14H2,1-3H3,(H,22,25)/t15-,19-/m1/s1. The third-order valence-corrected chi connectivity index (χ3v) is 5.35. The number of hydrogen-bond donors (Lipinski definition) is 1. The van der Waals surface area contributed by atoms with Gasteiger partial charge in [0.2, 0.25) is 0 Å². The Labute approximate surface area is 155 Å². The first kappa shape index (κ1) is 18.5. The van der Waals surface area contributed by atoms with Crippen LogP contribution in [0.5, 0.6) is 0 Å². The lowest BCUT2D eigenvalue weighted by atomic mass is 9.92. The number of hydrogen-bond acceptors (Lipinski definition) is 3. The van der Waals surface area contributed by atoms with Gasteiger partial charge in [-0.1, -0.05) is 35.5 Å². The number of carbonyl (C=O) groups excluding carboxylic acids is 1. The van der Waals surface area contributed by atoms with E-state index in [1.165, 1.54) is 5.56 Å². The van der Waals surface area contributed by atoms with E-state index in [1.807, 2.05) is 25.7 Å². The number of benzene rings is 1. The molecule has 26 heavy (non-hydrogen) atoms. The predicted molar refractivity (Wildman–Crippen MR) is 102 cm³/mol. The van der Waals surface area contributed by atoms with Gasteiger partial charge in [0.25, 0.3) is 0 Å². The van der Waals surface area contributed by atoms with E-state index >= 15 is 0 Å². The van der Waals surface area contributed by atoms with Gasteiger partial charge in [0, 0.05) is 24.7 Å². The molecule has 0 bridgehead atoms. The van der Waals surface area contributed by atoms with Gasteiger partial charge in [-0.3, -0.25) is 0 Å². The largest absolute Gasteiger partial charge is 0.361 e. The maximum absolute atomic E-state index is 12.7. The average Bonchev–Trinajstić information content (AvgIpc) is 2.85. The normalized spacial score (nSPS) is 19.0. The summed E-state index contributed by atoms with van der Waals surface area (Å²) in [5, 5.41) is 7.13. The number of aromatic nitrogens is 1. The Kier molecular flexibility index (Phi) is 5.96. The summed E-state index contributed by atoms with van der Waals surface area (Å²) in [6.45, 7) is 7.53. The molecule has 5 nitrogen and oxygen atoms in total. The maximum atomic E-state index is 12.7. The quantitative estimate of drug-likeness (QED) is 0.894. The fraction of sp³-hybridized carbons (Fsp3) is 0.524. The molecule has 1 aromatic carbocycles. The van der Waals surface area contributed by atoms with Crippen molar-refractivity contribution in [1.82, 2.24) is 15.4 Å². The minimum absolute atomic E-state index is 0.0398. The van der Waals surface area contributed by atoms with Crippen LogP contribution in [0.3, 0.4) is 0 Å². The molecule has 0 radical (unpaired) electrons. The number of urea groups is 1. The van der Waals surface area contributed by atoms with Crippen LogP contribution >= 0.6 is 0 Å². The van der Waals surface area contributed by atoms with Gasteiger partial charge < -0.3 is 14.7 Å². The van der Waals surface area contributed by atoms with Gasteiger partial charge >= 0.3 is 6.03 Å². The average molecular weight is 355 g/mol. The van der Waals surface area contributed by atoms with E-state index in [1.54, 1.807) is 0 Å². The molecule has 1 aliphatic heterocycles. The molecular weight excluding hydrogens is 326 g/mol. The van der Waals surface area contributed by atoms with Gasteiger partial charge in [-0.05, 0) is 57.9 Å². The van der Waals surface area contributed by atoms with Crippen molar-refractivity contribution in [2.24, 2.45) is 0 Å². The molecule has 140 valence electrons. The van der Waals surface area contributed by atoms with Crippen LogP contribution in [-0.2, 0) is 6.42 Å². The third-order valence-electron chi connectivity index (χ3n) is 5.35. The Hall–Kier alpha value is -2.30. The second-order valence-electron chi connectivity index (χ2n) is 7.38. The van der Waals surface area contributed by atoms with Crippen molar-refractivity contribution >= 4 is 6.03 Å². The minimum atomic E-state index is 0.0398. The molecular formula is C21H29N3O2. The highest BCUT2D eigenvalue weighted by Gasteiger charge is 2.23. The number of carbonyl (C=O) groups is 1. The summed E-state index contributed by atoms with van der Waals surface area (Å²) in [5.74, 6) is 1.39. The second-order valence-corrected chi connectivity index (χ2v) is 7.38. The van der Waals surface area contributed by atoms with Gasteiger partial charge in [0.05, 0.1) is 5.69 Å². The summed E-state index contributed by atoms with van der Waals surface area (Å²) in [6, 6.07) is 10.7. The third kappa shape index (κ3) is 4.45. The van der Waals surface area contributed by atoms with Crippen LogP contribution in [0.4, 0.5) is 4.79 Å². The highest BCUT2D eigenvalue weighted by molar-refractivity contribution is 5.74. The Morgan fingerprint density at radius 3 is 2.73 bits per heavy atom.